The molecule has 0 aliphatic heterocycles. The first kappa shape index (κ1) is 11.5. The van der Waals surface area contributed by atoms with Crippen LogP contribution in [0.25, 0.3) is 0 Å². The maximum atomic E-state index is 12.4. The maximum Gasteiger partial charge on any atom is 0.416 e. The highest BCUT2D eigenvalue weighted by Crippen LogP contribution is 2.29. The number of hydrogen-bond donors (Lipinski definition) is 0. The van der Waals surface area contributed by atoms with Gasteiger partial charge in [0.05, 0.1) is 18.0 Å². The standard InChI is InChI=1S/C11H9F3N2O/c12-11(13,14)10-4-1-3-9(7-10)8-17-16-6-2-5-15-16/h1-7H,8H2. The summed E-state index contributed by atoms with van der Waals surface area (Å²) in [6, 6.07) is 6.66. The summed E-state index contributed by atoms with van der Waals surface area (Å²) in [6.07, 6.45) is -1.25. The van der Waals surface area contributed by atoms with Gasteiger partial charge in [-0.2, -0.15) is 13.2 Å². The first-order valence-corrected chi connectivity index (χ1v) is 4.85. The highest BCUT2D eigenvalue weighted by atomic mass is 19.4. The zero-order valence-electron chi connectivity index (χ0n) is 8.69. The van der Waals surface area contributed by atoms with E-state index in [9.17, 15) is 13.2 Å². The summed E-state index contributed by atoms with van der Waals surface area (Å²) in [5, 5.41) is 3.77. The third-order valence-corrected chi connectivity index (χ3v) is 2.10. The lowest BCUT2D eigenvalue weighted by molar-refractivity contribution is -0.137. The van der Waals surface area contributed by atoms with E-state index in [1.54, 1.807) is 18.3 Å². The van der Waals surface area contributed by atoms with Gasteiger partial charge in [0.25, 0.3) is 0 Å². The van der Waals surface area contributed by atoms with Crippen LogP contribution in [0.2, 0.25) is 0 Å². The summed E-state index contributed by atoms with van der Waals surface area (Å²) in [5.74, 6) is 0. The molecule has 0 atom stereocenters. The molecule has 2 rings (SSSR count). The predicted octanol–water partition coefficient (Wildman–Crippen LogP) is 2.53. The van der Waals surface area contributed by atoms with Gasteiger partial charge in [-0.25, -0.2) is 0 Å². The van der Waals surface area contributed by atoms with E-state index in [1.165, 1.54) is 17.1 Å². The lowest BCUT2D eigenvalue weighted by atomic mass is 10.1. The summed E-state index contributed by atoms with van der Waals surface area (Å²) in [5.41, 5.74) is -0.241. The molecule has 0 N–H and O–H groups in total. The van der Waals surface area contributed by atoms with Crippen molar-refractivity contribution in [1.29, 1.82) is 0 Å². The Morgan fingerprint density at radius 2 is 2.06 bits per heavy atom. The van der Waals surface area contributed by atoms with E-state index < -0.39 is 11.7 Å². The molecule has 0 saturated heterocycles. The topological polar surface area (TPSA) is 27.1 Å². The fourth-order valence-electron chi connectivity index (χ4n) is 1.31. The van der Waals surface area contributed by atoms with Crippen LogP contribution in [-0.4, -0.2) is 9.94 Å². The van der Waals surface area contributed by atoms with E-state index >= 15 is 0 Å². The maximum absolute atomic E-state index is 12.4. The molecule has 3 nitrogen and oxygen atoms in total. The summed E-state index contributed by atoms with van der Waals surface area (Å²) >= 11 is 0. The molecule has 0 spiro atoms. The summed E-state index contributed by atoms with van der Waals surface area (Å²) in [7, 11) is 0. The number of alkyl halides is 3. The Kier molecular flexibility index (Phi) is 3.03. The lowest BCUT2D eigenvalue weighted by Crippen LogP contribution is -2.12. The van der Waals surface area contributed by atoms with Crippen molar-refractivity contribution in [3.63, 3.8) is 0 Å². The van der Waals surface area contributed by atoms with Crippen LogP contribution in [0.1, 0.15) is 11.1 Å². The van der Waals surface area contributed by atoms with Crippen LogP contribution in [0.3, 0.4) is 0 Å². The zero-order valence-corrected chi connectivity index (χ0v) is 8.69. The second-order valence-corrected chi connectivity index (χ2v) is 3.38. The Balaban J connectivity index is 2.07. The van der Waals surface area contributed by atoms with E-state index in [0.717, 1.165) is 12.1 Å². The van der Waals surface area contributed by atoms with Gasteiger partial charge in [0.15, 0.2) is 0 Å². The molecular formula is C11H9F3N2O. The Morgan fingerprint density at radius 1 is 1.24 bits per heavy atom. The first-order valence-electron chi connectivity index (χ1n) is 4.85. The minimum atomic E-state index is -4.33. The van der Waals surface area contributed by atoms with E-state index in [1.807, 2.05) is 0 Å². The van der Waals surface area contributed by atoms with Crippen molar-refractivity contribution in [2.75, 3.05) is 0 Å². The number of halogens is 3. The molecule has 0 bridgehead atoms. The van der Waals surface area contributed by atoms with Crippen LogP contribution in [0.5, 0.6) is 0 Å². The lowest BCUT2D eigenvalue weighted by Gasteiger charge is -2.09. The molecule has 90 valence electrons. The van der Waals surface area contributed by atoms with Gasteiger partial charge in [-0.05, 0) is 23.8 Å². The molecule has 17 heavy (non-hydrogen) atoms. The minimum absolute atomic E-state index is 0.0333. The number of hydrogen-bond acceptors (Lipinski definition) is 2. The third kappa shape index (κ3) is 2.99. The van der Waals surface area contributed by atoms with Crippen LogP contribution in [0, 0.1) is 0 Å². The molecule has 0 radical (unpaired) electrons. The van der Waals surface area contributed by atoms with Crippen LogP contribution < -0.4 is 4.84 Å². The average Bonchev–Trinajstić information content (AvgIpc) is 2.78. The van der Waals surface area contributed by atoms with E-state index in [4.69, 9.17) is 4.84 Å². The smallest absolute Gasteiger partial charge is 0.392 e. The number of aromatic nitrogens is 2. The largest absolute Gasteiger partial charge is 0.416 e. The summed E-state index contributed by atoms with van der Waals surface area (Å²) < 4.78 is 37.3. The molecule has 6 heteroatoms. The molecule has 0 amide bonds. The second kappa shape index (κ2) is 4.48. The zero-order chi connectivity index (χ0) is 12.3. The highest BCUT2D eigenvalue weighted by Gasteiger charge is 2.30. The van der Waals surface area contributed by atoms with E-state index in [0.29, 0.717) is 5.56 Å². The van der Waals surface area contributed by atoms with Crippen molar-refractivity contribution in [3.8, 4) is 0 Å². The molecule has 1 aromatic carbocycles. The summed E-state index contributed by atoms with van der Waals surface area (Å²) in [6.45, 7) is 0.0333. The Bertz CT molecular complexity index is 480. The highest BCUT2D eigenvalue weighted by molar-refractivity contribution is 5.25. The average molecular weight is 242 g/mol. The fraction of sp³-hybridized carbons (Fsp3) is 0.182. The van der Waals surface area contributed by atoms with Crippen LogP contribution >= 0.6 is 0 Å². The van der Waals surface area contributed by atoms with Gasteiger partial charge < -0.3 is 4.84 Å². The van der Waals surface area contributed by atoms with Crippen molar-refractivity contribution in [1.82, 2.24) is 9.94 Å². The van der Waals surface area contributed by atoms with Gasteiger partial charge in [0, 0.05) is 0 Å². The van der Waals surface area contributed by atoms with Crippen molar-refractivity contribution in [3.05, 3.63) is 53.9 Å². The second-order valence-electron chi connectivity index (χ2n) is 3.38. The summed E-state index contributed by atoms with van der Waals surface area (Å²) in [4.78, 5) is 6.33. The molecule has 0 fully saturated rings. The van der Waals surface area contributed by atoms with Crippen LogP contribution in [-0.2, 0) is 12.8 Å². The first-order chi connectivity index (χ1) is 8.05. The van der Waals surface area contributed by atoms with Gasteiger partial charge >= 0.3 is 6.18 Å². The normalized spacial score (nSPS) is 11.5. The molecule has 1 heterocycles. The fourth-order valence-corrected chi connectivity index (χ4v) is 1.31. The van der Waals surface area contributed by atoms with Crippen molar-refractivity contribution >= 4 is 0 Å². The minimum Gasteiger partial charge on any atom is -0.392 e. The predicted molar refractivity (Wildman–Crippen MR) is 54.0 cm³/mol. The molecule has 1 aromatic heterocycles. The van der Waals surface area contributed by atoms with Gasteiger partial charge in [-0.15, -0.1) is 9.94 Å². The third-order valence-electron chi connectivity index (χ3n) is 2.10. The molecular weight excluding hydrogens is 233 g/mol. The van der Waals surface area contributed by atoms with Crippen molar-refractivity contribution < 1.29 is 18.0 Å². The monoisotopic (exact) mass is 242 g/mol. The number of benzene rings is 1. The Hall–Kier alpha value is -1.98. The van der Waals surface area contributed by atoms with Gasteiger partial charge in [0.2, 0.25) is 0 Å². The Morgan fingerprint density at radius 3 is 2.71 bits per heavy atom. The molecule has 0 saturated carbocycles. The van der Waals surface area contributed by atoms with Gasteiger partial charge in [-0.3, -0.25) is 0 Å². The Labute approximate surface area is 95.4 Å². The van der Waals surface area contributed by atoms with Crippen LogP contribution in [0.15, 0.2) is 42.7 Å². The molecule has 0 aliphatic rings. The van der Waals surface area contributed by atoms with Gasteiger partial charge in [-0.1, -0.05) is 12.1 Å². The quantitative estimate of drug-likeness (QED) is 0.827. The van der Waals surface area contributed by atoms with E-state index in [-0.39, 0.29) is 6.61 Å². The molecule has 2 aromatic rings. The number of rotatable bonds is 3. The number of nitrogens with zero attached hydrogens (tertiary/aromatic N) is 2. The SMILES string of the molecule is FC(F)(F)c1cccc(COn2cccn2)c1. The van der Waals surface area contributed by atoms with Gasteiger partial charge in [0.1, 0.15) is 6.61 Å². The molecule has 0 unspecified atom stereocenters. The molecule has 0 aliphatic carbocycles. The van der Waals surface area contributed by atoms with E-state index in [2.05, 4.69) is 5.10 Å². The van der Waals surface area contributed by atoms with Crippen molar-refractivity contribution in [2.24, 2.45) is 0 Å². The van der Waals surface area contributed by atoms with Crippen LogP contribution in [0.4, 0.5) is 13.2 Å². The van der Waals surface area contributed by atoms with Crippen molar-refractivity contribution in [2.45, 2.75) is 12.8 Å².